The van der Waals surface area contributed by atoms with Gasteiger partial charge in [0.1, 0.15) is 5.69 Å². The van der Waals surface area contributed by atoms with Crippen molar-refractivity contribution in [3.8, 4) is 0 Å². The van der Waals surface area contributed by atoms with Crippen LogP contribution in [0.2, 0.25) is 0 Å². The number of carbonyl (C=O) groups is 1. The molecule has 0 spiro atoms. The smallest absolute Gasteiger partial charge is 0.272 e. The monoisotopic (exact) mass is 236 g/mol. The van der Waals surface area contributed by atoms with Crippen molar-refractivity contribution in [1.29, 1.82) is 0 Å². The van der Waals surface area contributed by atoms with Crippen LogP contribution in [0.25, 0.3) is 0 Å². The van der Waals surface area contributed by atoms with Crippen molar-refractivity contribution in [3.63, 3.8) is 0 Å². The first-order valence-electron chi connectivity index (χ1n) is 5.94. The van der Waals surface area contributed by atoms with Gasteiger partial charge in [-0.3, -0.25) is 9.48 Å². The van der Waals surface area contributed by atoms with Crippen LogP contribution in [0, 0.1) is 12.8 Å². The van der Waals surface area contributed by atoms with E-state index in [-0.39, 0.29) is 11.4 Å². The minimum Gasteiger partial charge on any atom is -0.395 e. The zero-order chi connectivity index (χ0) is 12.8. The summed E-state index contributed by atoms with van der Waals surface area (Å²) in [6.45, 7) is 5.92. The third kappa shape index (κ3) is 2.14. The van der Waals surface area contributed by atoms with E-state index >= 15 is 0 Å². The average molecular weight is 236 g/mol. The average Bonchev–Trinajstić information content (AvgIpc) is 2.96. The highest BCUT2D eigenvalue weighted by Crippen LogP contribution is 2.39. The third-order valence-electron chi connectivity index (χ3n) is 3.52. The molecular weight excluding hydrogens is 216 g/mol. The Morgan fingerprint density at radius 1 is 1.53 bits per heavy atom. The van der Waals surface area contributed by atoms with Crippen LogP contribution in [0.4, 0.5) is 5.69 Å². The van der Waals surface area contributed by atoms with Crippen molar-refractivity contribution in [2.24, 2.45) is 13.0 Å². The van der Waals surface area contributed by atoms with Crippen molar-refractivity contribution in [2.75, 3.05) is 5.73 Å². The number of hydrogen-bond donors (Lipinski definition) is 2. The summed E-state index contributed by atoms with van der Waals surface area (Å²) in [4.78, 5) is 12.2. The minimum absolute atomic E-state index is 0.137. The molecule has 1 aromatic heterocycles. The van der Waals surface area contributed by atoms with Gasteiger partial charge in [0.05, 0.1) is 11.4 Å². The Morgan fingerprint density at radius 2 is 2.12 bits per heavy atom. The van der Waals surface area contributed by atoms with Gasteiger partial charge in [0, 0.05) is 12.6 Å². The lowest BCUT2D eigenvalue weighted by Crippen LogP contribution is -2.45. The number of aromatic nitrogens is 2. The van der Waals surface area contributed by atoms with Crippen molar-refractivity contribution in [3.05, 3.63) is 11.4 Å². The van der Waals surface area contributed by atoms with Crippen LogP contribution in [0.15, 0.2) is 0 Å². The van der Waals surface area contributed by atoms with Crippen molar-refractivity contribution >= 4 is 11.6 Å². The number of nitrogens with zero attached hydrogens (tertiary/aromatic N) is 2. The zero-order valence-electron chi connectivity index (χ0n) is 10.9. The maximum absolute atomic E-state index is 12.2. The second-order valence-electron chi connectivity index (χ2n) is 5.42. The van der Waals surface area contributed by atoms with Crippen LogP contribution in [-0.4, -0.2) is 21.2 Å². The minimum atomic E-state index is -0.165. The Kier molecular flexibility index (Phi) is 2.64. The third-order valence-corrected chi connectivity index (χ3v) is 3.52. The predicted octanol–water partition coefficient (Wildman–Crippen LogP) is 1.23. The van der Waals surface area contributed by atoms with Crippen molar-refractivity contribution in [1.82, 2.24) is 15.1 Å². The summed E-state index contributed by atoms with van der Waals surface area (Å²) in [6, 6.07) is 0. The number of amides is 1. The molecule has 0 saturated heterocycles. The highest BCUT2D eigenvalue weighted by molar-refractivity contribution is 5.98. The molecule has 0 aliphatic heterocycles. The summed E-state index contributed by atoms with van der Waals surface area (Å²) in [5.74, 6) is 0.449. The van der Waals surface area contributed by atoms with Gasteiger partial charge in [0.25, 0.3) is 5.91 Å². The molecule has 1 heterocycles. The lowest BCUT2D eigenvalue weighted by Gasteiger charge is -2.26. The van der Waals surface area contributed by atoms with E-state index in [1.54, 1.807) is 18.7 Å². The molecule has 1 aromatic rings. The van der Waals surface area contributed by atoms with Crippen LogP contribution < -0.4 is 11.1 Å². The van der Waals surface area contributed by atoms with E-state index in [1.807, 2.05) is 0 Å². The van der Waals surface area contributed by atoms with Gasteiger partial charge in [0.2, 0.25) is 0 Å². The fraction of sp³-hybridized carbons (Fsp3) is 0.667. The molecule has 5 nitrogen and oxygen atoms in total. The van der Waals surface area contributed by atoms with E-state index in [0.29, 0.717) is 23.0 Å². The Bertz CT molecular complexity index is 457. The molecule has 0 radical (unpaired) electrons. The number of carbonyl (C=O) groups excluding carboxylic acids is 1. The van der Waals surface area contributed by atoms with Gasteiger partial charge in [-0.25, -0.2) is 0 Å². The van der Waals surface area contributed by atoms with Gasteiger partial charge in [0.15, 0.2) is 0 Å². The molecule has 17 heavy (non-hydrogen) atoms. The van der Waals surface area contributed by atoms with Crippen LogP contribution in [0.3, 0.4) is 0 Å². The van der Waals surface area contributed by atoms with E-state index in [4.69, 9.17) is 5.73 Å². The van der Waals surface area contributed by atoms with E-state index in [9.17, 15) is 4.79 Å². The lowest BCUT2D eigenvalue weighted by molar-refractivity contribution is 0.0894. The molecule has 1 aliphatic rings. The van der Waals surface area contributed by atoms with E-state index in [2.05, 4.69) is 24.3 Å². The van der Waals surface area contributed by atoms with E-state index in [0.717, 1.165) is 0 Å². The van der Waals surface area contributed by atoms with Crippen LogP contribution in [0.5, 0.6) is 0 Å². The highest BCUT2D eigenvalue weighted by atomic mass is 16.2. The Balaban J connectivity index is 2.19. The van der Waals surface area contributed by atoms with E-state index in [1.165, 1.54) is 12.8 Å². The molecule has 0 bridgehead atoms. The second-order valence-corrected chi connectivity index (χ2v) is 5.42. The number of hydrogen-bond acceptors (Lipinski definition) is 3. The van der Waals surface area contributed by atoms with Crippen molar-refractivity contribution < 1.29 is 4.79 Å². The number of rotatable bonds is 3. The van der Waals surface area contributed by atoms with E-state index < -0.39 is 0 Å². The van der Waals surface area contributed by atoms with Gasteiger partial charge < -0.3 is 11.1 Å². The Hall–Kier alpha value is -1.52. The van der Waals surface area contributed by atoms with Crippen LogP contribution in [-0.2, 0) is 7.05 Å². The van der Waals surface area contributed by atoms with Crippen molar-refractivity contribution in [2.45, 2.75) is 39.2 Å². The molecule has 0 unspecified atom stereocenters. The summed E-state index contributed by atoms with van der Waals surface area (Å²) in [7, 11) is 1.74. The highest BCUT2D eigenvalue weighted by Gasteiger charge is 2.39. The summed E-state index contributed by atoms with van der Waals surface area (Å²) in [6.07, 6.45) is 2.38. The maximum atomic E-state index is 12.2. The molecule has 3 N–H and O–H groups in total. The predicted molar refractivity (Wildman–Crippen MR) is 66.6 cm³/mol. The maximum Gasteiger partial charge on any atom is 0.272 e. The molecule has 0 atom stereocenters. The lowest BCUT2D eigenvalue weighted by atomic mass is 9.98. The first-order valence-corrected chi connectivity index (χ1v) is 5.94. The molecule has 1 saturated carbocycles. The summed E-state index contributed by atoms with van der Waals surface area (Å²) in [5.41, 5.74) is 7.33. The molecular formula is C12H20N4O. The fourth-order valence-corrected chi connectivity index (χ4v) is 2.20. The molecule has 94 valence electrons. The zero-order valence-corrected chi connectivity index (χ0v) is 10.9. The fourth-order valence-electron chi connectivity index (χ4n) is 2.20. The number of nitrogens with one attached hydrogen (secondary N) is 1. The van der Waals surface area contributed by atoms with Crippen LogP contribution >= 0.6 is 0 Å². The summed E-state index contributed by atoms with van der Waals surface area (Å²) < 4.78 is 1.54. The van der Waals surface area contributed by atoms with Crippen LogP contribution in [0.1, 0.15) is 42.9 Å². The quantitative estimate of drug-likeness (QED) is 0.829. The number of aryl methyl sites for hydroxylation is 2. The molecule has 2 rings (SSSR count). The van der Waals surface area contributed by atoms with Gasteiger partial charge >= 0.3 is 0 Å². The number of nitrogens with two attached hydrogens (primary N) is 1. The number of nitrogen functional groups attached to an aromatic ring is 1. The molecule has 1 amide bonds. The standard InChI is InChI=1S/C12H20N4O/c1-7-9(13)10(16(4)15-7)11(17)14-12(2,3)8-5-6-8/h8H,5-6,13H2,1-4H3,(H,14,17). The van der Waals surface area contributed by atoms with Gasteiger partial charge in [-0.1, -0.05) is 0 Å². The van der Waals surface area contributed by atoms with Gasteiger partial charge in [-0.15, -0.1) is 0 Å². The Morgan fingerprint density at radius 3 is 2.53 bits per heavy atom. The molecule has 0 aromatic carbocycles. The molecule has 1 aliphatic carbocycles. The summed E-state index contributed by atoms with van der Waals surface area (Å²) >= 11 is 0. The number of anilines is 1. The van der Waals surface area contributed by atoms with Gasteiger partial charge in [-0.2, -0.15) is 5.10 Å². The SMILES string of the molecule is Cc1nn(C)c(C(=O)NC(C)(C)C2CC2)c1N. The molecule has 5 heteroatoms. The Labute approximate surface area is 101 Å². The molecule has 1 fully saturated rings. The second kappa shape index (κ2) is 3.75. The summed E-state index contributed by atoms with van der Waals surface area (Å²) in [5, 5.41) is 7.20. The topological polar surface area (TPSA) is 72.9 Å². The largest absolute Gasteiger partial charge is 0.395 e. The normalized spacial score (nSPS) is 16.0. The first kappa shape index (κ1) is 12.0. The van der Waals surface area contributed by atoms with Gasteiger partial charge in [-0.05, 0) is 39.5 Å². The first-order chi connectivity index (χ1) is 7.83.